The molecule has 0 spiro atoms. The average Bonchev–Trinajstić information content (AvgIpc) is 3.26. The van der Waals surface area contributed by atoms with Crippen LogP contribution in [-0.2, 0) is 15.9 Å². The lowest BCUT2D eigenvalue weighted by atomic mass is 9.84. The third-order valence-electron chi connectivity index (χ3n) is 8.51. The van der Waals surface area contributed by atoms with E-state index in [0.29, 0.717) is 36.9 Å². The number of nitrogens with one attached hydrogen (secondary N) is 1. The molecule has 0 saturated heterocycles. The molecule has 0 bridgehead atoms. The van der Waals surface area contributed by atoms with Gasteiger partial charge in [-0.15, -0.1) is 0 Å². The van der Waals surface area contributed by atoms with Crippen LogP contribution in [0.4, 0.5) is 4.79 Å². The van der Waals surface area contributed by atoms with Crippen LogP contribution in [0.25, 0.3) is 10.9 Å². The molecule has 3 aliphatic rings. The maximum Gasteiger partial charge on any atom is 0.410 e. The summed E-state index contributed by atoms with van der Waals surface area (Å²) in [5.74, 6) is 1.25. The molecule has 37 heavy (non-hydrogen) atoms. The summed E-state index contributed by atoms with van der Waals surface area (Å²) in [6, 6.07) is 5.69. The van der Waals surface area contributed by atoms with E-state index < -0.39 is 5.41 Å². The highest BCUT2D eigenvalue weighted by Gasteiger charge is 2.39. The third-order valence-corrected chi connectivity index (χ3v) is 8.74. The van der Waals surface area contributed by atoms with Gasteiger partial charge >= 0.3 is 6.09 Å². The van der Waals surface area contributed by atoms with Crippen molar-refractivity contribution in [1.29, 1.82) is 0 Å². The van der Waals surface area contributed by atoms with Gasteiger partial charge in [-0.25, -0.2) is 4.79 Å². The first-order chi connectivity index (χ1) is 18.0. The Labute approximate surface area is 223 Å². The number of aromatic nitrogens is 1. The number of benzene rings is 1. The second-order valence-electron chi connectivity index (χ2n) is 10.8. The molecular weight excluding hydrogens is 492 g/mol. The monoisotopic (exact) mass is 528 g/mol. The lowest BCUT2D eigenvalue weighted by Crippen LogP contribution is -2.44. The number of aliphatic hydroxyl groups excluding tert-OH is 2. The maximum atomic E-state index is 13.3. The third kappa shape index (κ3) is 5.27. The number of rotatable bonds is 9. The Kier molecular flexibility index (Phi) is 7.84. The highest BCUT2D eigenvalue weighted by molar-refractivity contribution is 6.31. The van der Waals surface area contributed by atoms with E-state index in [4.69, 9.17) is 21.1 Å². The van der Waals surface area contributed by atoms with Crippen molar-refractivity contribution < 1.29 is 24.5 Å². The van der Waals surface area contributed by atoms with Crippen LogP contribution in [0, 0.1) is 17.3 Å². The number of allylic oxidation sites excluding steroid dienone is 2. The molecule has 1 fully saturated rings. The van der Waals surface area contributed by atoms with Gasteiger partial charge in [0.15, 0.2) is 0 Å². The highest BCUT2D eigenvalue weighted by atomic mass is 35.5. The summed E-state index contributed by atoms with van der Waals surface area (Å²) in [5, 5.41) is 21.3. The number of ether oxygens (including phenoxy) is 2. The minimum absolute atomic E-state index is 0.0396. The van der Waals surface area contributed by atoms with Crippen molar-refractivity contribution in [2.75, 3.05) is 33.0 Å². The predicted molar refractivity (Wildman–Crippen MR) is 143 cm³/mol. The smallest absolute Gasteiger partial charge is 0.410 e. The summed E-state index contributed by atoms with van der Waals surface area (Å²) >= 11 is 6.32. The number of amides is 1. The van der Waals surface area contributed by atoms with Crippen LogP contribution in [-0.4, -0.2) is 59.2 Å². The Morgan fingerprint density at radius 2 is 2.08 bits per heavy atom. The molecule has 0 radical (unpaired) electrons. The Morgan fingerprint density at radius 3 is 2.73 bits per heavy atom. The van der Waals surface area contributed by atoms with Crippen LogP contribution in [0.2, 0.25) is 5.02 Å². The summed E-state index contributed by atoms with van der Waals surface area (Å²) in [6.07, 6.45) is 11.4. The number of H-pyrrole nitrogens is 1. The first-order valence-corrected chi connectivity index (χ1v) is 13.8. The van der Waals surface area contributed by atoms with Crippen molar-refractivity contribution >= 4 is 28.6 Å². The van der Waals surface area contributed by atoms with Crippen LogP contribution in [0.15, 0.2) is 42.2 Å². The van der Waals surface area contributed by atoms with Gasteiger partial charge < -0.3 is 24.7 Å². The van der Waals surface area contributed by atoms with Gasteiger partial charge in [-0.1, -0.05) is 31.0 Å². The van der Waals surface area contributed by atoms with E-state index in [-0.39, 0.29) is 37.9 Å². The molecule has 1 aromatic carbocycles. The zero-order chi connectivity index (χ0) is 26.0. The van der Waals surface area contributed by atoms with Gasteiger partial charge in [0.2, 0.25) is 0 Å². The van der Waals surface area contributed by atoms with Gasteiger partial charge in [0, 0.05) is 34.1 Å². The van der Waals surface area contributed by atoms with Gasteiger partial charge in [0.1, 0.15) is 5.76 Å². The molecule has 2 heterocycles. The van der Waals surface area contributed by atoms with Crippen molar-refractivity contribution in [2.45, 2.75) is 51.5 Å². The lowest BCUT2D eigenvalue weighted by Gasteiger charge is -2.39. The molecule has 1 aliphatic heterocycles. The number of carbonyl (C=O) groups excluding carboxylic acids is 1. The van der Waals surface area contributed by atoms with Crippen LogP contribution in [0.3, 0.4) is 0 Å². The molecule has 7 nitrogen and oxygen atoms in total. The standard InChI is InChI=1S/C29H37ClN2O5/c1-2-29(16-33,17-34)18-37-22-9-6-20(7-10-22)27-26-23(24-14-21(30)8-11-25(24)31-26)12-13-32(27)28(35)36-15-19-4-3-5-19/h6,8-11,14,19-20,27,31,33-34H,2-5,7,12-13,15-18H2,1H3. The molecule has 3 N–H and O–H groups in total. The van der Waals surface area contributed by atoms with Gasteiger partial charge in [-0.05, 0) is 73.9 Å². The van der Waals surface area contributed by atoms with Crippen molar-refractivity contribution in [3.63, 3.8) is 0 Å². The Balaban J connectivity index is 1.37. The van der Waals surface area contributed by atoms with Gasteiger partial charge in [-0.3, -0.25) is 4.90 Å². The molecule has 1 amide bonds. The Bertz CT molecular complexity index is 1170. The topological polar surface area (TPSA) is 95.0 Å². The second-order valence-corrected chi connectivity index (χ2v) is 11.2. The molecule has 200 valence electrons. The number of aromatic amines is 1. The molecule has 2 aliphatic carbocycles. The van der Waals surface area contributed by atoms with E-state index in [1.807, 2.05) is 42.2 Å². The van der Waals surface area contributed by atoms with Gasteiger partial charge in [0.05, 0.1) is 37.9 Å². The average molecular weight is 529 g/mol. The van der Waals surface area contributed by atoms with Crippen LogP contribution in [0.5, 0.6) is 0 Å². The van der Waals surface area contributed by atoms with Crippen LogP contribution >= 0.6 is 11.6 Å². The fraction of sp³-hybridized carbons (Fsp3) is 0.552. The second kappa shape index (κ2) is 11.1. The van der Waals surface area contributed by atoms with E-state index in [1.165, 1.54) is 12.0 Å². The van der Waals surface area contributed by atoms with Crippen LogP contribution in [0.1, 0.15) is 56.3 Å². The van der Waals surface area contributed by atoms with E-state index >= 15 is 0 Å². The first-order valence-electron chi connectivity index (χ1n) is 13.4. The molecule has 2 aromatic rings. The minimum atomic E-state index is -0.656. The normalized spacial score (nSPS) is 21.9. The lowest BCUT2D eigenvalue weighted by molar-refractivity contribution is -0.00774. The van der Waals surface area contributed by atoms with E-state index in [2.05, 4.69) is 11.1 Å². The number of hydrogen-bond acceptors (Lipinski definition) is 5. The summed E-state index contributed by atoms with van der Waals surface area (Å²) in [7, 11) is 0. The fourth-order valence-corrected chi connectivity index (χ4v) is 5.71. The minimum Gasteiger partial charge on any atom is -0.493 e. The van der Waals surface area contributed by atoms with Gasteiger partial charge in [0.25, 0.3) is 0 Å². The molecule has 5 rings (SSSR count). The molecule has 1 saturated carbocycles. The van der Waals surface area contributed by atoms with E-state index in [0.717, 1.165) is 41.6 Å². The van der Waals surface area contributed by atoms with E-state index in [1.54, 1.807) is 0 Å². The number of hydrogen-bond donors (Lipinski definition) is 3. The van der Waals surface area contributed by atoms with E-state index in [9.17, 15) is 15.0 Å². The summed E-state index contributed by atoms with van der Waals surface area (Å²) < 4.78 is 11.8. The fourth-order valence-electron chi connectivity index (χ4n) is 5.53. The number of fused-ring (bicyclic) bond motifs is 3. The van der Waals surface area contributed by atoms with Crippen LogP contribution < -0.4 is 0 Å². The largest absolute Gasteiger partial charge is 0.493 e. The molecular formula is C29H37ClN2O5. The zero-order valence-corrected chi connectivity index (χ0v) is 22.2. The molecule has 8 heteroatoms. The maximum absolute atomic E-state index is 13.3. The first kappa shape index (κ1) is 26.1. The van der Waals surface area contributed by atoms with Crippen molar-refractivity contribution in [3.8, 4) is 0 Å². The Morgan fingerprint density at radius 1 is 1.27 bits per heavy atom. The van der Waals surface area contributed by atoms with Gasteiger partial charge in [-0.2, -0.15) is 0 Å². The number of aliphatic hydroxyl groups is 2. The SMILES string of the molecule is CCC(CO)(CO)COC1=CCC(C2c3[nH]c4ccc(Cl)cc4c3CCN2C(=O)OCC2CCC2)C=C1. The highest BCUT2D eigenvalue weighted by Crippen LogP contribution is 2.42. The van der Waals surface area contributed by atoms with Crippen molar-refractivity contribution in [3.05, 3.63) is 58.5 Å². The number of halogens is 1. The molecule has 2 unspecified atom stereocenters. The van der Waals surface area contributed by atoms with Crippen molar-refractivity contribution in [1.82, 2.24) is 9.88 Å². The van der Waals surface area contributed by atoms with Crippen molar-refractivity contribution in [2.24, 2.45) is 17.3 Å². The number of nitrogens with zero attached hydrogens (tertiary/aromatic N) is 1. The summed E-state index contributed by atoms with van der Waals surface area (Å²) in [5.41, 5.74) is 2.62. The zero-order valence-electron chi connectivity index (χ0n) is 21.4. The summed E-state index contributed by atoms with van der Waals surface area (Å²) in [6.45, 7) is 2.99. The number of carbonyl (C=O) groups is 1. The molecule has 1 aromatic heterocycles. The summed E-state index contributed by atoms with van der Waals surface area (Å²) in [4.78, 5) is 18.8. The quantitative estimate of drug-likeness (QED) is 0.398. The predicted octanol–water partition coefficient (Wildman–Crippen LogP) is 5.51. The Hall–Kier alpha value is -2.48. The molecule has 2 atom stereocenters.